The summed E-state index contributed by atoms with van der Waals surface area (Å²) in [7, 11) is 0.0954. The molecule has 0 spiro atoms. The molecule has 1 atom stereocenters. The fraction of sp³-hybridized carbons (Fsp3) is 0.469. The van der Waals surface area contributed by atoms with Crippen LogP contribution < -0.4 is 4.74 Å². The molecule has 1 fully saturated rings. The number of likely N-dealkylation sites (tertiary alicyclic amines) is 1. The Kier molecular flexibility index (Phi) is 10.3. The molecule has 1 unspecified atom stereocenters. The second-order valence-electron chi connectivity index (χ2n) is 12.6. The molecule has 1 aromatic carbocycles. The summed E-state index contributed by atoms with van der Waals surface area (Å²) in [4.78, 5) is 23.2. The van der Waals surface area contributed by atoms with Gasteiger partial charge in [-0.3, -0.25) is 4.68 Å². The molecular formula is C32H40FN7O4Si. The van der Waals surface area contributed by atoms with Gasteiger partial charge in [0.1, 0.15) is 36.4 Å². The second-order valence-corrected chi connectivity index (χ2v) is 18.2. The first-order valence-electron chi connectivity index (χ1n) is 15.2. The second kappa shape index (κ2) is 14.3. The van der Waals surface area contributed by atoms with Gasteiger partial charge in [-0.25, -0.2) is 19.2 Å². The molecule has 11 nitrogen and oxygen atoms in total. The number of ether oxygens (including phenoxy) is 3. The maximum Gasteiger partial charge on any atom is 0.338 e. The number of hydrogen-bond donors (Lipinski definition) is 0. The molecular weight excluding hydrogens is 593 g/mol. The van der Waals surface area contributed by atoms with E-state index >= 15 is 0 Å². The van der Waals surface area contributed by atoms with Gasteiger partial charge in [0.15, 0.2) is 0 Å². The number of nitriles is 1. The fourth-order valence-corrected chi connectivity index (χ4v) is 6.21. The van der Waals surface area contributed by atoms with E-state index in [4.69, 9.17) is 14.2 Å². The van der Waals surface area contributed by atoms with E-state index in [0.717, 1.165) is 66.9 Å². The smallest absolute Gasteiger partial charge is 0.338 e. The number of nitrogens with zero attached hydrogens (tertiary/aromatic N) is 7. The minimum absolute atomic E-state index is 0.113. The number of carbonyl (C=O) groups excluding carboxylic acids is 1. The minimum Gasteiger partial charge on any atom is -0.490 e. The van der Waals surface area contributed by atoms with E-state index in [1.165, 1.54) is 19.2 Å². The Balaban J connectivity index is 1.20. The number of fused-ring (bicyclic) bond motifs is 1. The zero-order chi connectivity index (χ0) is 32.0. The molecule has 1 aliphatic rings. The van der Waals surface area contributed by atoms with Crippen molar-refractivity contribution >= 4 is 25.1 Å². The normalized spacial score (nSPS) is 15.2. The first kappa shape index (κ1) is 32.3. The molecule has 3 aromatic heterocycles. The van der Waals surface area contributed by atoms with Crippen LogP contribution in [-0.4, -0.2) is 82.7 Å². The fourth-order valence-electron chi connectivity index (χ4n) is 5.45. The van der Waals surface area contributed by atoms with E-state index in [9.17, 15) is 14.4 Å². The van der Waals surface area contributed by atoms with Crippen molar-refractivity contribution < 1.29 is 23.4 Å². The number of rotatable bonds is 13. The predicted octanol–water partition coefficient (Wildman–Crippen LogP) is 5.53. The van der Waals surface area contributed by atoms with Crippen molar-refractivity contribution in [3.63, 3.8) is 0 Å². The molecule has 0 amide bonds. The summed E-state index contributed by atoms with van der Waals surface area (Å²) in [6.07, 6.45) is 8.92. The lowest BCUT2D eigenvalue weighted by molar-refractivity contribution is 0.0597. The minimum atomic E-state index is -1.16. The van der Waals surface area contributed by atoms with Crippen LogP contribution in [-0.2, 0) is 16.2 Å². The predicted molar refractivity (Wildman–Crippen MR) is 170 cm³/mol. The summed E-state index contributed by atoms with van der Waals surface area (Å²) in [5.41, 5.74) is 2.56. The number of carbonyl (C=O) groups is 1. The zero-order valence-corrected chi connectivity index (χ0v) is 27.3. The average molecular weight is 634 g/mol. The topological polar surface area (TPSA) is 120 Å². The summed E-state index contributed by atoms with van der Waals surface area (Å²) in [6.45, 7) is 10.3. The molecule has 0 radical (unpaired) electrons. The van der Waals surface area contributed by atoms with Crippen molar-refractivity contribution in [2.75, 3.05) is 33.4 Å². The monoisotopic (exact) mass is 633 g/mol. The molecule has 0 saturated carbocycles. The van der Waals surface area contributed by atoms with Crippen molar-refractivity contribution in [2.45, 2.75) is 63.8 Å². The van der Waals surface area contributed by atoms with Gasteiger partial charge < -0.3 is 23.7 Å². The molecule has 4 heterocycles. The molecule has 4 aromatic rings. The van der Waals surface area contributed by atoms with E-state index < -0.39 is 19.9 Å². The quantitative estimate of drug-likeness (QED) is 0.106. The van der Waals surface area contributed by atoms with Gasteiger partial charge in [-0.05, 0) is 37.1 Å². The van der Waals surface area contributed by atoms with Gasteiger partial charge in [-0.1, -0.05) is 19.6 Å². The molecule has 45 heavy (non-hydrogen) atoms. The molecule has 1 aliphatic heterocycles. The number of benzene rings is 1. The number of esters is 1. The molecule has 238 valence electrons. The van der Waals surface area contributed by atoms with E-state index in [0.29, 0.717) is 25.4 Å². The Hall–Kier alpha value is -4.12. The van der Waals surface area contributed by atoms with Crippen LogP contribution in [0.25, 0.3) is 22.3 Å². The molecule has 0 bridgehead atoms. The van der Waals surface area contributed by atoms with Gasteiger partial charge in [-0.2, -0.15) is 10.4 Å². The van der Waals surface area contributed by atoms with Gasteiger partial charge in [0, 0.05) is 63.7 Å². The highest BCUT2D eigenvalue weighted by molar-refractivity contribution is 6.76. The van der Waals surface area contributed by atoms with Crippen molar-refractivity contribution in [3.05, 3.63) is 60.6 Å². The van der Waals surface area contributed by atoms with E-state index in [-0.39, 0.29) is 17.7 Å². The molecule has 0 N–H and O–H groups in total. The number of piperidine rings is 1. The Morgan fingerprint density at radius 3 is 2.73 bits per heavy atom. The third-order valence-electron chi connectivity index (χ3n) is 7.96. The van der Waals surface area contributed by atoms with Gasteiger partial charge in [-0.15, -0.1) is 0 Å². The Bertz CT molecular complexity index is 1650. The standard InChI is InChI=1S/C32H40FN7O4Si/c1-42-32(41)23-15-25(33)17-28(16-23)44-27-6-10-38(11-7-27)20-26(5-9-34)40-19-24(18-37-40)30-29-8-12-39(31(29)36-21-35-30)22-43-13-14-45(2,3)4/h8,12,15-19,21,26-27H,5-7,10-11,13-14,20,22H2,1-4H3. The average Bonchev–Trinajstić information content (AvgIpc) is 3.67. The van der Waals surface area contributed by atoms with Crippen LogP contribution >= 0.6 is 0 Å². The molecule has 1 saturated heterocycles. The first-order chi connectivity index (χ1) is 21.6. The van der Waals surface area contributed by atoms with Crippen molar-refractivity contribution in [1.82, 2.24) is 29.2 Å². The Morgan fingerprint density at radius 2 is 2.00 bits per heavy atom. The van der Waals surface area contributed by atoms with Crippen LogP contribution in [0, 0.1) is 17.1 Å². The van der Waals surface area contributed by atoms with E-state index in [1.807, 2.05) is 27.7 Å². The van der Waals surface area contributed by atoms with Crippen LogP contribution in [0.5, 0.6) is 5.75 Å². The van der Waals surface area contributed by atoms with Crippen LogP contribution in [0.2, 0.25) is 25.7 Å². The Labute approximate surface area is 263 Å². The zero-order valence-electron chi connectivity index (χ0n) is 26.3. The van der Waals surface area contributed by atoms with Gasteiger partial charge in [0.25, 0.3) is 0 Å². The molecule has 0 aliphatic carbocycles. The number of halogens is 1. The summed E-state index contributed by atoms with van der Waals surface area (Å²) in [6, 6.07) is 9.19. The Morgan fingerprint density at radius 1 is 1.20 bits per heavy atom. The summed E-state index contributed by atoms with van der Waals surface area (Å²) < 4.78 is 34.6. The maximum absolute atomic E-state index is 14.1. The highest BCUT2D eigenvalue weighted by Gasteiger charge is 2.25. The SMILES string of the molecule is COC(=O)c1cc(F)cc(OC2CCN(CC(CC#N)n3cc(-c4ncnc5c4ccn5COCC[Si](C)(C)C)cn3)CC2)c1. The van der Waals surface area contributed by atoms with Crippen LogP contribution in [0.1, 0.15) is 35.7 Å². The van der Waals surface area contributed by atoms with Crippen molar-refractivity contribution in [3.8, 4) is 23.1 Å². The van der Waals surface area contributed by atoms with Crippen molar-refractivity contribution in [2.24, 2.45) is 0 Å². The van der Waals surface area contributed by atoms with Crippen LogP contribution in [0.15, 0.2) is 49.2 Å². The lowest BCUT2D eigenvalue weighted by Gasteiger charge is -2.34. The number of aromatic nitrogens is 5. The summed E-state index contributed by atoms with van der Waals surface area (Å²) >= 11 is 0. The lowest BCUT2D eigenvalue weighted by atomic mass is 10.1. The molecule has 5 rings (SSSR count). The summed E-state index contributed by atoms with van der Waals surface area (Å²) in [5.74, 6) is -0.853. The third-order valence-corrected chi connectivity index (χ3v) is 9.66. The molecule has 13 heteroatoms. The highest BCUT2D eigenvalue weighted by Crippen LogP contribution is 2.28. The summed E-state index contributed by atoms with van der Waals surface area (Å²) in [5, 5.41) is 15.2. The van der Waals surface area contributed by atoms with Crippen LogP contribution in [0.3, 0.4) is 0 Å². The van der Waals surface area contributed by atoms with E-state index in [1.54, 1.807) is 12.5 Å². The largest absolute Gasteiger partial charge is 0.490 e. The van der Waals surface area contributed by atoms with Gasteiger partial charge in [0.05, 0.1) is 43.1 Å². The number of hydrogen-bond acceptors (Lipinski definition) is 9. The van der Waals surface area contributed by atoms with Crippen molar-refractivity contribution in [1.29, 1.82) is 5.26 Å². The first-order valence-corrected chi connectivity index (χ1v) is 18.9. The van der Waals surface area contributed by atoms with Gasteiger partial charge in [0.2, 0.25) is 0 Å². The highest BCUT2D eigenvalue weighted by atomic mass is 28.3. The third kappa shape index (κ3) is 8.33. The van der Waals surface area contributed by atoms with Crippen LogP contribution in [0.4, 0.5) is 4.39 Å². The maximum atomic E-state index is 14.1. The van der Waals surface area contributed by atoms with Gasteiger partial charge >= 0.3 is 5.97 Å². The van der Waals surface area contributed by atoms with E-state index in [2.05, 4.69) is 45.7 Å². The number of methoxy groups -OCH3 is 1. The lowest BCUT2D eigenvalue weighted by Crippen LogP contribution is -2.41.